The van der Waals surface area contributed by atoms with Crippen LogP contribution < -0.4 is 5.32 Å². The molecular formula is C19H22N4O3. The highest BCUT2D eigenvalue weighted by molar-refractivity contribution is 5.89. The van der Waals surface area contributed by atoms with Crippen LogP contribution in [0.25, 0.3) is 6.08 Å². The lowest BCUT2D eigenvalue weighted by atomic mass is 10.2. The summed E-state index contributed by atoms with van der Waals surface area (Å²) >= 11 is 0. The third kappa shape index (κ3) is 5.54. The van der Waals surface area contributed by atoms with Crippen molar-refractivity contribution in [1.82, 2.24) is 20.3 Å². The molecule has 0 unspecified atom stereocenters. The normalized spacial score (nSPS) is 14.6. The molecule has 1 aliphatic carbocycles. The summed E-state index contributed by atoms with van der Waals surface area (Å²) in [6, 6.07) is 10.1. The molecular weight excluding hydrogens is 332 g/mol. The maximum Gasteiger partial charge on any atom is 0.331 e. The quantitative estimate of drug-likeness (QED) is 0.607. The van der Waals surface area contributed by atoms with E-state index in [1.165, 1.54) is 12.2 Å². The summed E-state index contributed by atoms with van der Waals surface area (Å²) in [5.74, 6) is -0.836. The third-order valence-electron chi connectivity index (χ3n) is 4.20. The monoisotopic (exact) mass is 354 g/mol. The summed E-state index contributed by atoms with van der Waals surface area (Å²) in [5, 5.41) is 10.9. The van der Waals surface area contributed by atoms with Gasteiger partial charge in [0.15, 0.2) is 6.61 Å². The van der Waals surface area contributed by atoms with Gasteiger partial charge in [0.25, 0.3) is 5.91 Å². The van der Waals surface area contributed by atoms with E-state index in [1.807, 2.05) is 30.3 Å². The highest BCUT2D eigenvalue weighted by atomic mass is 16.5. The SMILES string of the molecule is O=C(COC(=O)/C=C/c1cn(Cc2ccccc2)nn1)NC1CCCC1. The van der Waals surface area contributed by atoms with Gasteiger partial charge in [-0.2, -0.15) is 0 Å². The summed E-state index contributed by atoms with van der Waals surface area (Å²) in [7, 11) is 0. The van der Waals surface area contributed by atoms with Crippen molar-refractivity contribution in [3.05, 3.63) is 53.9 Å². The molecule has 1 aromatic carbocycles. The third-order valence-corrected chi connectivity index (χ3v) is 4.20. The molecule has 7 nitrogen and oxygen atoms in total. The molecule has 0 spiro atoms. The number of benzene rings is 1. The zero-order valence-corrected chi connectivity index (χ0v) is 14.5. The molecule has 2 aromatic rings. The first-order valence-corrected chi connectivity index (χ1v) is 8.77. The van der Waals surface area contributed by atoms with Crippen LogP contribution in [0.3, 0.4) is 0 Å². The fourth-order valence-electron chi connectivity index (χ4n) is 2.92. The molecule has 1 amide bonds. The Morgan fingerprint density at radius 2 is 2.00 bits per heavy atom. The van der Waals surface area contributed by atoms with Crippen molar-refractivity contribution in [2.45, 2.75) is 38.3 Å². The van der Waals surface area contributed by atoms with Crippen molar-refractivity contribution < 1.29 is 14.3 Å². The molecule has 1 aliphatic rings. The molecule has 0 aliphatic heterocycles. The average Bonchev–Trinajstić information content (AvgIpc) is 3.31. The van der Waals surface area contributed by atoms with Gasteiger partial charge in [-0.15, -0.1) is 5.10 Å². The molecule has 0 saturated heterocycles. The van der Waals surface area contributed by atoms with Gasteiger partial charge in [-0.1, -0.05) is 48.4 Å². The number of carbonyl (C=O) groups is 2. The molecule has 0 bridgehead atoms. The van der Waals surface area contributed by atoms with Gasteiger partial charge >= 0.3 is 5.97 Å². The number of hydrogen-bond acceptors (Lipinski definition) is 5. The van der Waals surface area contributed by atoms with Crippen molar-refractivity contribution in [2.24, 2.45) is 0 Å². The van der Waals surface area contributed by atoms with E-state index in [1.54, 1.807) is 10.9 Å². The van der Waals surface area contributed by atoms with E-state index in [0.29, 0.717) is 12.2 Å². The summed E-state index contributed by atoms with van der Waals surface area (Å²) in [6.07, 6.45) is 8.78. The standard InChI is InChI=1S/C19H22N4O3/c24-18(20-16-8-4-5-9-16)14-26-19(25)11-10-17-13-23(22-21-17)12-15-6-2-1-3-7-15/h1-3,6-7,10-11,13,16H,4-5,8-9,12,14H2,(H,20,24)/b11-10+. The van der Waals surface area contributed by atoms with E-state index in [2.05, 4.69) is 15.6 Å². The number of aromatic nitrogens is 3. The van der Waals surface area contributed by atoms with E-state index in [-0.39, 0.29) is 18.6 Å². The smallest absolute Gasteiger partial charge is 0.331 e. The Balaban J connectivity index is 1.42. The van der Waals surface area contributed by atoms with E-state index in [9.17, 15) is 9.59 Å². The summed E-state index contributed by atoms with van der Waals surface area (Å²) in [6.45, 7) is 0.341. The first-order chi connectivity index (χ1) is 12.7. The topological polar surface area (TPSA) is 86.1 Å². The number of rotatable bonds is 7. The molecule has 0 atom stereocenters. The van der Waals surface area contributed by atoms with Gasteiger partial charge in [0.05, 0.1) is 12.7 Å². The lowest BCUT2D eigenvalue weighted by Crippen LogP contribution is -2.35. The second-order valence-corrected chi connectivity index (χ2v) is 6.32. The number of carbonyl (C=O) groups excluding carboxylic acids is 2. The molecule has 1 fully saturated rings. The van der Waals surface area contributed by atoms with Crippen LogP contribution >= 0.6 is 0 Å². The van der Waals surface area contributed by atoms with E-state index in [0.717, 1.165) is 31.2 Å². The molecule has 1 saturated carbocycles. The molecule has 26 heavy (non-hydrogen) atoms. The van der Waals surface area contributed by atoms with Gasteiger partial charge in [0.2, 0.25) is 0 Å². The van der Waals surface area contributed by atoms with Crippen molar-refractivity contribution in [3.63, 3.8) is 0 Å². The molecule has 1 N–H and O–H groups in total. The molecule has 7 heteroatoms. The summed E-state index contributed by atoms with van der Waals surface area (Å²) < 4.78 is 6.64. The predicted octanol–water partition coefficient (Wildman–Crippen LogP) is 1.94. The Labute approximate surface area is 152 Å². The average molecular weight is 354 g/mol. The highest BCUT2D eigenvalue weighted by Gasteiger charge is 2.17. The number of nitrogens with zero attached hydrogens (tertiary/aromatic N) is 3. The van der Waals surface area contributed by atoms with Crippen LogP contribution in [0.4, 0.5) is 0 Å². The Bertz CT molecular complexity index is 764. The van der Waals surface area contributed by atoms with Gasteiger partial charge in [-0.05, 0) is 24.5 Å². The van der Waals surface area contributed by atoms with Gasteiger partial charge in [-0.3, -0.25) is 4.79 Å². The van der Waals surface area contributed by atoms with Gasteiger partial charge < -0.3 is 10.1 Å². The Kier molecular flexibility index (Phi) is 6.14. The van der Waals surface area contributed by atoms with Gasteiger partial charge in [0, 0.05) is 12.1 Å². The van der Waals surface area contributed by atoms with Crippen molar-refractivity contribution in [2.75, 3.05) is 6.61 Å². The van der Waals surface area contributed by atoms with Crippen LogP contribution in [-0.2, 0) is 20.9 Å². The van der Waals surface area contributed by atoms with Crippen molar-refractivity contribution in [3.8, 4) is 0 Å². The van der Waals surface area contributed by atoms with Crippen molar-refractivity contribution >= 4 is 18.0 Å². The zero-order chi connectivity index (χ0) is 18.2. The molecule has 1 heterocycles. The number of amides is 1. The van der Waals surface area contributed by atoms with Crippen LogP contribution in [-0.4, -0.2) is 39.5 Å². The Morgan fingerprint density at radius 1 is 1.23 bits per heavy atom. The van der Waals surface area contributed by atoms with Crippen LogP contribution in [0.1, 0.15) is 36.9 Å². The fraction of sp³-hybridized carbons (Fsp3) is 0.368. The first kappa shape index (κ1) is 17.8. The summed E-state index contributed by atoms with van der Waals surface area (Å²) in [5.41, 5.74) is 1.66. The number of nitrogens with one attached hydrogen (secondary N) is 1. The van der Waals surface area contributed by atoms with Gasteiger partial charge in [-0.25, -0.2) is 9.48 Å². The van der Waals surface area contributed by atoms with Crippen LogP contribution in [0.2, 0.25) is 0 Å². The fourth-order valence-corrected chi connectivity index (χ4v) is 2.92. The molecule has 136 valence electrons. The minimum Gasteiger partial charge on any atom is -0.452 e. The lowest BCUT2D eigenvalue weighted by Gasteiger charge is -2.11. The largest absolute Gasteiger partial charge is 0.452 e. The predicted molar refractivity (Wildman–Crippen MR) is 96.0 cm³/mol. The minimum absolute atomic E-state index is 0.219. The zero-order valence-electron chi connectivity index (χ0n) is 14.5. The van der Waals surface area contributed by atoms with Crippen molar-refractivity contribution in [1.29, 1.82) is 0 Å². The number of esters is 1. The summed E-state index contributed by atoms with van der Waals surface area (Å²) in [4.78, 5) is 23.4. The second kappa shape index (κ2) is 8.94. The van der Waals surface area contributed by atoms with Crippen LogP contribution in [0.15, 0.2) is 42.6 Å². The Hall–Kier alpha value is -2.96. The second-order valence-electron chi connectivity index (χ2n) is 6.32. The number of ether oxygens (including phenoxy) is 1. The highest BCUT2D eigenvalue weighted by Crippen LogP contribution is 2.17. The van der Waals surface area contributed by atoms with E-state index < -0.39 is 5.97 Å². The first-order valence-electron chi connectivity index (χ1n) is 8.77. The minimum atomic E-state index is -0.579. The van der Waals surface area contributed by atoms with E-state index in [4.69, 9.17) is 4.74 Å². The lowest BCUT2D eigenvalue weighted by molar-refractivity contribution is -0.144. The number of hydrogen-bond donors (Lipinski definition) is 1. The molecule has 1 aromatic heterocycles. The van der Waals surface area contributed by atoms with Crippen LogP contribution in [0.5, 0.6) is 0 Å². The van der Waals surface area contributed by atoms with Gasteiger partial charge in [0.1, 0.15) is 5.69 Å². The molecule has 3 rings (SSSR count). The maximum absolute atomic E-state index is 11.7. The Morgan fingerprint density at radius 3 is 2.77 bits per heavy atom. The van der Waals surface area contributed by atoms with Crippen LogP contribution in [0, 0.1) is 0 Å². The van der Waals surface area contributed by atoms with E-state index >= 15 is 0 Å². The molecule has 0 radical (unpaired) electrons. The maximum atomic E-state index is 11.7.